The molecule has 0 radical (unpaired) electrons. The number of hydrogen-bond acceptors (Lipinski definition) is 13. The Morgan fingerprint density at radius 3 is 2.29 bits per heavy atom. The summed E-state index contributed by atoms with van der Waals surface area (Å²) >= 11 is 1.19. The van der Waals surface area contributed by atoms with E-state index in [0.29, 0.717) is 23.6 Å². The van der Waals surface area contributed by atoms with E-state index < -0.39 is 84.8 Å². The summed E-state index contributed by atoms with van der Waals surface area (Å²) in [5.41, 5.74) is 4.69. The molecule has 0 aromatic heterocycles. The van der Waals surface area contributed by atoms with Gasteiger partial charge in [0.25, 0.3) is 5.91 Å². The second-order valence-electron chi connectivity index (χ2n) is 10.1. The minimum Gasteiger partial charge on any atom is -0.497 e. The fraction of sp³-hybridized carbons (Fsp3) is 0.692. The zero-order valence-corrected chi connectivity index (χ0v) is 24.0. The van der Waals surface area contributed by atoms with Gasteiger partial charge >= 0.3 is 0 Å². The van der Waals surface area contributed by atoms with Crippen molar-refractivity contribution in [1.29, 1.82) is 0 Å². The van der Waals surface area contributed by atoms with E-state index in [9.17, 15) is 35.1 Å². The van der Waals surface area contributed by atoms with Crippen molar-refractivity contribution in [3.05, 3.63) is 24.3 Å². The minimum atomic E-state index is -1.85. The zero-order chi connectivity index (χ0) is 30.3. The van der Waals surface area contributed by atoms with Crippen LogP contribution in [-0.4, -0.2) is 125 Å². The van der Waals surface area contributed by atoms with Crippen molar-refractivity contribution in [2.24, 2.45) is 11.7 Å². The highest BCUT2D eigenvalue weighted by Crippen LogP contribution is 2.35. The first-order valence-electron chi connectivity index (χ1n) is 13.4. The lowest BCUT2D eigenvalue weighted by molar-refractivity contribution is -0.229. The fourth-order valence-corrected chi connectivity index (χ4v) is 5.51. The van der Waals surface area contributed by atoms with Gasteiger partial charge in [0.15, 0.2) is 12.3 Å². The molecule has 2 aliphatic rings. The molecule has 14 nitrogen and oxygen atoms in total. The maximum absolute atomic E-state index is 13.5. The van der Waals surface area contributed by atoms with Crippen LogP contribution in [0.3, 0.4) is 0 Å². The maximum Gasteiger partial charge on any atom is 0.252 e. The standard InChI is InChI=1S/C26H41N3O11S/c1-12(2)23(35)29-25-20(34)18(32)19(33)22(40-25)24(36)28-16-21(38-10-4-9-27)17(31)15(11-30)39-26(16)41-14-7-5-13(37-3)6-8-14/h5-8,12,15-22,25-26,30-34H,4,9-11,27H2,1-3H3,(H,28,36)(H,29,35)/t15?,16?,17-,18-,19-,20?,21+,22?,25+,26-/m0/s1. The van der Waals surface area contributed by atoms with Gasteiger partial charge in [-0.3, -0.25) is 9.59 Å². The molecule has 9 N–H and O–H groups in total. The van der Waals surface area contributed by atoms with Crippen LogP contribution in [0.5, 0.6) is 5.75 Å². The highest BCUT2D eigenvalue weighted by Gasteiger charge is 2.51. The highest BCUT2D eigenvalue weighted by atomic mass is 32.2. The normalized spacial score (nSPS) is 33.8. The number of rotatable bonds is 12. The lowest BCUT2D eigenvalue weighted by atomic mass is 9.95. The average molecular weight is 604 g/mol. The summed E-state index contributed by atoms with van der Waals surface area (Å²) in [6, 6.07) is 5.95. The number of carbonyl (C=O) groups is 2. The van der Waals surface area contributed by atoms with E-state index in [1.165, 1.54) is 18.9 Å². The number of amides is 2. The number of nitrogens with one attached hydrogen (secondary N) is 2. The predicted molar refractivity (Wildman–Crippen MR) is 146 cm³/mol. The number of aliphatic hydroxyl groups is 5. The molecule has 2 amide bonds. The van der Waals surface area contributed by atoms with Crippen molar-refractivity contribution < 1.29 is 54.1 Å². The first-order valence-corrected chi connectivity index (χ1v) is 14.3. The Balaban J connectivity index is 1.88. The average Bonchev–Trinajstić information content (AvgIpc) is 2.96. The summed E-state index contributed by atoms with van der Waals surface area (Å²) < 4.78 is 22.7. The number of carbonyl (C=O) groups excluding carboxylic acids is 2. The van der Waals surface area contributed by atoms with Crippen molar-refractivity contribution >= 4 is 23.6 Å². The molecule has 2 aliphatic heterocycles. The molecule has 4 unspecified atom stereocenters. The third kappa shape index (κ3) is 8.28. The number of methoxy groups -OCH3 is 1. The molecular formula is C26H41N3O11S. The molecule has 10 atom stereocenters. The topological polar surface area (TPSA) is 222 Å². The van der Waals surface area contributed by atoms with Crippen LogP contribution in [0.25, 0.3) is 0 Å². The SMILES string of the molecule is COc1ccc(S[C@@H]2OC(CO)[C@H](O)[C@H](OCCCN)C2NC(=O)C2O[C@@H](NC(=O)C(C)C)C(O)[C@@H](O)[C@@H]2O)cc1. The molecule has 15 heteroatoms. The number of thioether (sulfide) groups is 1. The smallest absolute Gasteiger partial charge is 0.252 e. The first-order chi connectivity index (χ1) is 19.5. The summed E-state index contributed by atoms with van der Waals surface area (Å²) in [4.78, 5) is 26.4. The van der Waals surface area contributed by atoms with Gasteiger partial charge in [-0.2, -0.15) is 0 Å². The monoisotopic (exact) mass is 603 g/mol. The molecule has 0 spiro atoms. The molecule has 3 rings (SSSR count). The molecule has 0 bridgehead atoms. The van der Waals surface area contributed by atoms with Crippen LogP contribution in [-0.2, 0) is 23.8 Å². The van der Waals surface area contributed by atoms with Gasteiger partial charge < -0.3 is 60.8 Å². The zero-order valence-electron chi connectivity index (χ0n) is 23.2. The van der Waals surface area contributed by atoms with E-state index >= 15 is 0 Å². The lowest BCUT2D eigenvalue weighted by Crippen LogP contribution is -2.69. The van der Waals surface area contributed by atoms with Gasteiger partial charge in [-0.25, -0.2) is 0 Å². The number of aliphatic hydroxyl groups excluding tert-OH is 5. The van der Waals surface area contributed by atoms with E-state index in [2.05, 4.69) is 10.6 Å². The number of ether oxygens (including phenoxy) is 4. The van der Waals surface area contributed by atoms with Gasteiger partial charge in [0, 0.05) is 17.4 Å². The molecule has 232 valence electrons. The fourth-order valence-electron chi connectivity index (χ4n) is 4.38. The molecule has 0 saturated carbocycles. The molecule has 2 saturated heterocycles. The van der Waals surface area contributed by atoms with E-state index in [4.69, 9.17) is 24.7 Å². The second-order valence-corrected chi connectivity index (χ2v) is 11.3. The molecule has 2 fully saturated rings. The Morgan fingerprint density at radius 2 is 1.71 bits per heavy atom. The quantitative estimate of drug-likeness (QED) is 0.118. The van der Waals surface area contributed by atoms with Crippen LogP contribution in [0.4, 0.5) is 0 Å². The van der Waals surface area contributed by atoms with Gasteiger partial charge in [-0.15, -0.1) is 0 Å². The number of benzene rings is 1. The maximum atomic E-state index is 13.5. The Morgan fingerprint density at radius 1 is 1.02 bits per heavy atom. The molecule has 0 aliphatic carbocycles. The van der Waals surface area contributed by atoms with Crippen molar-refractivity contribution in [2.45, 2.75) is 85.6 Å². The molecule has 41 heavy (non-hydrogen) atoms. The largest absolute Gasteiger partial charge is 0.497 e. The molecule has 1 aromatic rings. The van der Waals surface area contributed by atoms with Gasteiger partial charge in [0.2, 0.25) is 5.91 Å². The van der Waals surface area contributed by atoms with Gasteiger partial charge in [-0.1, -0.05) is 25.6 Å². The van der Waals surface area contributed by atoms with Gasteiger partial charge in [-0.05, 0) is 37.2 Å². The third-order valence-electron chi connectivity index (χ3n) is 6.81. The van der Waals surface area contributed by atoms with Crippen LogP contribution in [0.1, 0.15) is 20.3 Å². The lowest BCUT2D eigenvalue weighted by Gasteiger charge is -2.45. The van der Waals surface area contributed by atoms with Crippen LogP contribution in [0.15, 0.2) is 29.2 Å². The van der Waals surface area contributed by atoms with Gasteiger partial charge in [0.05, 0.1) is 19.8 Å². The Labute approximate surface area is 242 Å². The Bertz CT molecular complexity index is 988. The first kappa shape index (κ1) is 33.5. The van der Waals surface area contributed by atoms with Crippen molar-refractivity contribution in [3.63, 3.8) is 0 Å². The summed E-state index contributed by atoms with van der Waals surface area (Å²) in [6.07, 6.45) is -11.6. The predicted octanol–water partition coefficient (Wildman–Crippen LogP) is -2.34. The van der Waals surface area contributed by atoms with E-state index in [-0.39, 0.29) is 6.61 Å². The van der Waals surface area contributed by atoms with Crippen molar-refractivity contribution in [2.75, 3.05) is 26.9 Å². The number of nitrogens with two attached hydrogens (primary N) is 1. The number of hydrogen-bond donors (Lipinski definition) is 8. The van der Waals surface area contributed by atoms with E-state index in [1.807, 2.05) is 0 Å². The molecule has 1 aromatic carbocycles. The van der Waals surface area contributed by atoms with Gasteiger partial charge in [0.1, 0.15) is 47.8 Å². The van der Waals surface area contributed by atoms with E-state index in [1.54, 1.807) is 38.1 Å². The summed E-state index contributed by atoms with van der Waals surface area (Å²) in [5, 5.41) is 57.4. The third-order valence-corrected chi connectivity index (χ3v) is 7.99. The van der Waals surface area contributed by atoms with E-state index in [0.717, 1.165) is 0 Å². The van der Waals surface area contributed by atoms with Crippen molar-refractivity contribution in [1.82, 2.24) is 10.6 Å². The van der Waals surface area contributed by atoms with Crippen LogP contribution in [0, 0.1) is 5.92 Å². The molecule has 2 heterocycles. The van der Waals surface area contributed by atoms with Crippen molar-refractivity contribution in [3.8, 4) is 5.75 Å². The Hall–Kier alpha value is -2.05. The van der Waals surface area contributed by atoms with Crippen LogP contribution < -0.4 is 21.1 Å². The second kappa shape index (κ2) is 15.4. The summed E-state index contributed by atoms with van der Waals surface area (Å²) in [5.74, 6) is -1.27. The van der Waals surface area contributed by atoms with Crippen LogP contribution >= 0.6 is 11.8 Å². The summed E-state index contributed by atoms with van der Waals surface area (Å²) in [7, 11) is 1.53. The summed E-state index contributed by atoms with van der Waals surface area (Å²) in [6.45, 7) is 3.15. The van der Waals surface area contributed by atoms with Crippen LogP contribution in [0.2, 0.25) is 0 Å². The minimum absolute atomic E-state index is 0.138. The molecular weight excluding hydrogens is 562 g/mol. The Kier molecular flexibility index (Phi) is 12.6. The highest BCUT2D eigenvalue weighted by molar-refractivity contribution is 7.99.